The molecule has 0 aromatic heterocycles. The van der Waals surface area contributed by atoms with Gasteiger partial charge >= 0.3 is 5.97 Å². The van der Waals surface area contributed by atoms with E-state index in [-0.39, 0.29) is 23.8 Å². The smallest absolute Gasteiger partial charge is 0.302 e. The van der Waals surface area contributed by atoms with Gasteiger partial charge in [0, 0.05) is 19.8 Å². The van der Waals surface area contributed by atoms with Gasteiger partial charge in [-0.2, -0.15) is 0 Å². The summed E-state index contributed by atoms with van der Waals surface area (Å²) in [5, 5.41) is 0. The van der Waals surface area contributed by atoms with Crippen LogP contribution in [-0.4, -0.2) is 34.8 Å². The van der Waals surface area contributed by atoms with Crippen molar-refractivity contribution in [2.75, 3.05) is 0 Å². The SMILES string of the molecule is CC(=O)OC(C)C1CC(C)C(=O)N1C(C)=O. The van der Waals surface area contributed by atoms with Crippen LogP contribution in [0.25, 0.3) is 0 Å². The van der Waals surface area contributed by atoms with Crippen LogP contribution in [0.15, 0.2) is 0 Å². The van der Waals surface area contributed by atoms with Crippen molar-refractivity contribution in [1.29, 1.82) is 0 Å². The number of hydrogen-bond acceptors (Lipinski definition) is 4. The molecule has 1 aliphatic heterocycles. The zero-order valence-corrected chi connectivity index (χ0v) is 10.0. The van der Waals surface area contributed by atoms with E-state index in [4.69, 9.17) is 4.74 Å². The molecule has 0 radical (unpaired) electrons. The molecule has 0 bridgehead atoms. The minimum absolute atomic E-state index is 0.184. The van der Waals surface area contributed by atoms with Crippen LogP contribution in [0.5, 0.6) is 0 Å². The maximum absolute atomic E-state index is 11.7. The summed E-state index contributed by atoms with van der Waals surface area (Å²) in [5.41, 5.74) is 0. The molecule has 5 heteroatoms. The number of rotatable bonds is 2. The minimum atomic E-state index is -0.449. The number of esters is 1. The van der Waals surface area contributed by atoms with E-state index in [1.807, 2.05) is 0 Å². The van der Waals surface area contributed by atoms with Crippen LogP contribution in [0.4, 0.5) is 0 Å². The van der Waals surface area contributed by atoms with E-state index in [9.17, 15) is 14.4 Å². The van der Waals surface area contributed by atoms with Crippen LogP contribution in [-0.2, 0) is 19.1 Å². The molecule has 0 saturated carbocycles. The van der Waals surface area contributed by atoms with Crippen LogP contribution in [0.1, 0.15) is 34.1 Å². The first-order chi connectivity index (χ1) is 7.34. The lowest BCUT2D eigenvalue weighted by molar-refractivity contribution is -0.154. The Labute approximate surface area is 94.7 Å². The maximum atomic E-state index is 11.7. The monoisotopic (exact) mass is 227 g/mol. The third-order valence-electron chi connectivity index (χ3n) is 2.82. The first kappa shape index (κ1) is 12.7. The first-order valence-corrected chi connectivity index (χ1v) is 5.35. The lowest BCUT2D eigenvalue weighted by Crippen LogP contribution is -2.44. The lowest BCUT2D eigenvalue weighted by Gasteiger charge is -2.26. The predicted octanol–water partition coefficient (Wildman–Crippen LogP) is 0.722. The molecule has 3 atom stereocenters. The standard InChI is InChI=1S/C11H17NO4/c1-6-5-10(7(2)16-9(4)14)12(8(3)13)11(6)15/h6-7,10H,5H2,1-4H3. The van der Waals surface area contributed by atoms with Crippen LogP contribution >= 0.6 is 0 Å². The van der Waals surface area contributed by atoms with Crippen molar-refractivity contribution in [2.24, 2.45) is 5.92 Å². The van der Waals surface area contributed by atoms with Crippen molar-refractivity contribution < 1.29 is 19.1 Å². The number of likely N-dealkylation sites (tertiary alicyclic amines) is 1. The highest BCUT2D eigenvalue weighted by Crippen LogP contribution is 2.27. The van der Waals surface area contributed by atoms with Crippen LogP contribution in [0.3, 0.4) is 0 Å². The van der Waals surface area contributed by atoms with Gasteiger partial charge in [-0.25, -0.2) is 0 Å². The van der Waals surface area contributed by atoms with E-state index >= 15 is 0 Å². The first-order valence-electron chi connectivity index (χ1n) is 5.35. The van der Waals surface area contributed by atoms with Crippen LogP contribution < -0.4 is 0 Å². The Kier molecular flexibility index (Phi) is 3.67. The Morgan fingerprint density at radius 3 is 2.44 bits per heavy atom. The van der Waals surface area contributed by atoms with Crippen molar-refractivity contribution in [3.63, 3.8) is 0 Å². The van der Waals surface area contributed by atoms with Crippen molar-refractivity contribution in [1.82, 2.24) is 4.90 Å². The fourth-order valence-electron chi connectivity index (χ4n) is 2.10. The Hall–Kier alpha value is -1.39. The van der Waals surface area contributed by atoms with Gasteiger partial charge in [0.15, 0.2) is 0 Å². The molecule has 0 aromatic carbocycles. The largest absolute Gasteiger partial charge is 0.461 e. The topological polar surface area (TPSA) is 63.7 Å². The van der Waals surface area contributed by atoms with Gasteiger partial charge in [0.25, 0.3) is 0 Å². The molecule has 0 aromatic rings. The van der Waals surface area contributed by atoms with E-state index in [1.54, 1.807) is 13.8 Å². The summed E-state index contributed by atoms with van der Waals surface area (Å²) in [6.07, 6.45) is 0.0997. The molecular weight excluding hydrogens is 210 g/mol. The summed E-state index contributed by atoms with van der Waals surface area (Å²) in [6, 6.07) is -0.330. The van der Waals surface area contributed by atoms with Crippen molar-refractivity contribution in [3.05, 3.63) is 0 Å². The number of carbonyl (C=O) groups is 3. The Bertz CT molecular complexity index is 326. The molecule has 90 valence electrons. The molecule has 1 saturated heterocycles. The number of amides is 2. The Morgan fingerprint density at radius 2 is 2.00 bits per heavy atom. The van der Waals surface area contributed by atoms with Crippen LogP contribution in [0, 0.1) is 5.92 Å². The number of imide groups is 1. The van der Waals surface area contributed by atoms with Gasteiger partial charge in [-0.05, 0) is 13.3 Å². The molecule has 1 fully saturated rings. The zero-order chi connectivity index (χ0) is 12.5. The van der Waals surface area contributed by atoms with Gasteiger partial charge in [0.1, 0.15) is 6.10 Å². The van der Waals surface area contributed by atoms with E-state index < -0.39 is 12.1 Å². The fourth-order valence-corrected chi connectivity index (χ4v) is 2.10. The van der Waals surface area contributed by atoms with Gasteiger partial charge in [-0.1, -0.05) is 6.92 Å². The highest BCUT2D eigenvalue weighted by molar-refractivity contribution is 5.97. The quantitative estimate of drug-likeness (QED) is 0.652. The molecule has 1 rings (SSSR count). The maximum Gasteiger partial charge on any atom is 0.302 e. The second kappa shape index (κ2) is 4.63. The zero-order valence-electron chi connectivity index (χ0n) is 10.0. The number of nitrogens with zero attached hydrogens (tertiary/aromatic N) is 1. The number of carbonyl (C=O) groups excluding carboxylic acids is 3. The van der Waals surface area contributed by atoms with Gasteiger partial charge in [0.2, 0.25) is 11.8 Å². The lowest BCUT2D eigenvalue weighted by atomic mass is 10.0. The molecule has 5 nitrogen and oxygen atoms in total. The summed E-state index contributed by atoms with van der Waals surface area (Å²) >= 11 is 0. The van der Waals surface area contributed by atoms with E-state index in [2.05, 4.69) is 0 Å². The molecule has 1 aliphatic rings. The average molecular weight is 227 g/mol. The summed E-state index contributed by atoms with van der Waals surface area (Å²) in [7, 11) is 0. The van der Waals surface area contributed by atoms with Crippen molar-refractivity contribution in [3.8, 4) is 0 Å². The third kappa shape index (κ3) is 2.40. The van der Waals surface area contributed by atoms with Gasteiger partial charge < -0.3 is 4.74 Å². The van der Waals surface area contributed by atoms with Crippen molar-refractivity contribution in [2.45, 2.75) is 46.3 Å². The molecule has 0 aliphatic carbocycles. The highest BCUT2D eigenvalue weighted by Gasteiger charge is 2.42. The fraction of sp³-hybridized carbons (Fsp3) is 0.727. The number of hydrogen-bond donors (Lipinski definition) is 0. The Morgan fingerprint density at radius 1 is 1.44 bits per heavy atom. The summed E-state index contributed by atoms with van der Waals surface area (Å²) < 4.78 is 5.03. The summed E-state index contributed by atoms with van der Waals surface area (Å²) in [5.74, 6) is -1.07. The van der Waals surface area contributed by atoms with E-state index in [0.717, 1.165) is 0 Å². The predicted molar refractivity (Wildman–Crippen MR) is 56.3 cm³/mol. The van der Waals surface area contributed by atoms with Gasteiger partial charge in [0.05, 0.1) is 6.04 Å². The van der Waals surface area contributed by atoms with Crippen LogP contribution in [0.2, 0.25) is 0 Å². The number of ether oxygens (including phenoxy) is 1. The second-order valence-corrected chi connectivity index (χ2v) is 4.25. The summed E-state index contributed by atoms with van der Waals surface area (Å²) in [4.78, 5) is 35.1. The van der Waals surface area contributed by atoms with Gasteiger partial charge in [-0.3, -0.25) is 19.3 Å². The Balaban J connectivity index is 2.82. The molecule has 0 spiro atoms. The van der Waals surface area contributed by atoms with Crippen molar-refractivity contribution >= 4 is 17.8 Å². The third-order valence-corrected chi connectivity index (χ3v) is 2.82. The van der Waals surface area contributed by atoms with Gasteiger partial charge in [-0.15, -0.1) is 0 Å². The van der Waals surface area contributed by atoms with E-state index in [0.29, 0.717) is 6.42 Å². The molecule has 0 N–H and O–H groups in total. The van der Waals surface area contributed by atoms with E-state index in [1.165, 1.54) is 18.7 Å². The second-order valence-electron chi connectivity index (χ2n) is 4.25. The molecule has 1 heterocycles. The normalized spacial score (nSPS) is 26.8. The summed E-state index contributed by atoms with van der Waals surface area (Å²) in [6.45, 7) is 6.14. The molecular formula is C11H17NO4. The highest BCUT2D eigenvalue weighted by atomic mass is 16.5. The molecule has 3 unspecified atom stereocenters. The average Bonchev–Trinajstić information content (AvgIpc) is 2.42. The minimum Gasteiger partial charge on any atom is -0.461 e. The molecule has 16 heavy (non-hydrogen) atoms. The molecule has 2 amide bonds.